The van der Waals surface area contributed by atoms with E-state index >= 15 is 0 Å². The summed E-state index contributed by atoms with van der Waals surface area (Å²) in [6.45, 7) is 1.70. The topological polar surface area (TPSA) is 81.8 Å². The van der Waals surface area contributed by atoms with E-state index in [1.54, 1.807) is 12.4 Å². The molecule has 0 spiro atoms. The minimum absolute atomic E-state index is 0.255. The van der Waals surface area contributed by atoms with Gasteiger partial charge in [-0.1, -0.05) is 0 Å². The minimum Gasteiger partial charge on any atom is -0.364 e. The SMILES string of the molecule is Cc1nc(C(N)=O)c2scnc2n1. The van der Waals surface area contributed by atoms with Crippen molar-refractivity contribution in [1.29, 1.82) is 0 Å². The molecule has 6 heteroatoms. The fourth-order valence-corrected chi connectivity index (χ4v) is 1.76. The van der Waals surface area contributed by atoms with Gasteiger partial charge in [0.15, 0.2) is 11.3 Å². The van der Waals surface area contributed by atoms with Crippen molar-refractivity contribution >= 4 is 27.6 Å². The van der Waals surface area contributed by atoms with E-state index in [9.17, 15) is 4.79 Å². The summed E-state index contributed by atoms with van der Waals surface area (Å²) in [7, 11) is 0. The summed E-state index contributed by atoms with van der Waals surface area (Å²) in [4.78, 5) is 23.0. The van der Waals surface area contributed by atoms with Crippen molar-refractivity contribution < 1.29 is 4.79 Å². The van der Waals surface area contributed by atoms with E-state index in [1.165, 1.54) is 11.3 Å². The summed E-state index contributed by atoms with van der Waals surface area (Å²) in [6.07, 6.45) is 0. The highest BCUT2D eigenvalue weighted by molar-refractivity contribution is 7.17. The van der Waals surface area contributed by atoms with Crippen LogP contribution in [-0.4, -0.2) is 20.9 Å². The molecule has 2 heterocycles. The third kappa shape index (κ3) is 1.25. The Bertz CT molecular complexity index is 478. The van der Waals surface area contributed by atoms with Crippen molar-refractivity contribution in [1.82, 2.24) is 15.0 Å². The lowest BCUT2D eigenvalue weighted by molar-refractivity contribution is 0.0997. The van der Waals surface area contributed by atoms with Gasteiger partial charge in [0.1, 0.15) is 10.5 Å². The summed E-state index contributed by atoms with van der Waals surface area (Å²) in [6, 6.07) is 0. The molecule has 2 rings (SSSR count). The van der Waals surface area contributed by atoms with Crippen molar-refractivity contribution in [2.75, 3.05) is 0 Å². The van der Waals surface area contributed by atoms with Gasteiger partial charge in [-0.05, 0) is 6.92 Å². The molecule has 1 amide bonds. The van der Waals surface area contributed by atoms with E-state index < -0.39 is 5.91 Å². The zero-order valence-corrected chi connectivity index (χ0v) is 7.63. The Labute approximate surface area is 77.6 Å². The van der Waals surface area contributed by atoms with E-state index in [1.807, 2.05) is 0 Å². The third-order valence-electron chi connectivity index (χ3n) is 1.54. The number of nitrogens with two attached hydrogens (primary N) is 1. The van der Waals surface area contributed by atoms with E-state index in [0.29, 0.717) is 16.2 Å². The van der Waals surface area contributed by atoms with Crippen LogP contribution in [-0.2, 0) is 0 Å². The minimum atomic E-state index is -0.542. The van der Waals surface area contributed by atoms with Gasteiger partial charge < -0.3 is 5.73 Å². The van der Waals surface area contributed by atoms with Gasteiger partial charge in [-0.3, -0.25) is 4.79 Å². The monoisotopic (exact) mass is 194 g/mol. The second kappa shape index (κ2) is 2.74. The van der Waals surface area contributed by atoms with E-state index in [4.69, 9.17) is 5.73 Å². The Kier molecular flexibility index (Phi) is 1.70. The fraction of sp³-hybridized carbons (Fsp3) is 0.143. The van der Waals surface area contributed by atoms with Gasteiger partial charge >= 0.3 is 0 Å². The number of hydrogen-bond acceptors (Lipinski definition) is 5. The Morgan fingerprint density at radius 3 is 3.00 bits per heavy atom. The standard InChI is InChI=1S/C7H6N4OS/c1-3-10-4(6(8)12)5-7(11-3)9-2-13-5/h2H,1H3,(H2,8,12). The number of carbonyl (C=O) groups is 1. The van der Waals surface area contributed by atoms with Crippen LogP contribution in [0, 0.1) is 6.92 Å². The molecular weight excluding hydrogens is 188 g/mol. The molecule has 5 nitrogen and oxygen atoms in total. The maximum absolute atomic E-state index is 11.0. The highest BCUT2D eigenvalue weighted by atomic mass is 32.1. The van der Waals surface area contributed by atoms with Crippen LogP contribution in [0.1, 0.15) is 16.3 Å². The number of aryl methyl sites for hydroxylation is 1. The lowest BCUT2D eigenvalue weighted by Gasteiger charge is -1.96. The lowest BCUT2D eigenvalue weighted by Crippen LogP contribution is -2.14. The first-order valence-corrected chi connectivity index (χ1v) is 4.44. The smallest absolute Gasteiger partial charge is 0.269 e. The van der Waals surface area contributed by atoms with E-state index in [-0.39, 0.29) is 5.69 Å². The third-order valence-corrected chi connectivity index (χ3v) is 2.36. The first kappa shape index (κ1) is 8.06. The van der Waals surface area contributed by atoms with Gasteiger partial charge in [0.05, 0.1) is 5.51 Å². The van der Waals surface area contributed by atoms with Gasteiger partial charge in [-0.2, -0.15) is 0 Å². The molecule has 0 unspecified atom stereocenters. The molecule has 2 aromatic rings. The molecule has 0 saturated heterocycles. The zero-order chi connectivity index (χ0) is 9.42. The predicted molar refractivity (Wildman–Crippen MR) is 48.5 cm³/mol. The first-order chi connectivity index (χ1) is 6.18. The molecule has 0 saturated carbocycles. The van der Waals surface area contributed by atoms with Crippen LogP contribution < -0.4 is 5.73 Å². The molecule has 66 valence electrons. The Hall–Kier alpha value is -1.56. The Morgan fingerprint density at radius 1 is 1.54 bits per heavy atom. The van der Waals surface area contributed by atoms with Gasteiger partial charge in [0, 0.05) is 0 Å². The Morgan fingerprint density at radius 2 is 2.31 bits per heavy atom. The van der Waals surface area contributed by atoms with Crippen molar-refractivity contribution in [2.24, 2.45) is 5.73 Å². The molecule has 0 bridgehead atoms. The summed E-state index contributed by atoms with van der Waals surface area (Å²) in [5.41, 5.74) is 7.56. The van der Waals surface area contributed by atoms with Crippen LogP contribution in [0.15, 0.2) is 5.51 Å². The summed E-state index contributed by atoms with van der Waals surface area (Å²) < 4.78 is 0.651. The first-order valence-electron chi connectivity index (χ1n) is 3.56. The highest BCUT2D eigenvalue weighted by Gasteiger charge is 2.12. The van der Waals surface area contributed by atoms with Crippen molar-refractivity contribution in [3.8, 4) is 0 Å². The molecule has 0 aliphatic carbocycles. The van der Waals surface area contributed by atoms with Crippen LogP contribution in [0.25, 0.3) is 10.3 Å². The average molecular weight is 194 g/mol. The molecular formula is C7H6N4OS. The van der Waals surface area contributed by atoms with Gasteiger partial charge in [0.2, 0.25) is 0 Å². The van der Waals surface area contributed by atoms with Gasteiger partial charge in [-0.15, -0.1) is 11.3 Å². The van der Waals surface area contributed by atoms with Crippen LogP contribution >= 0.6 is 11.3 Å². The van der Waals surface area contributed by atoms with E-state index in [0.717, 1.165) is 0 Å². The van der Waals surface area contributed by atoms with Gasteiger partial charge in [-0.25, -0.2) is 15.0 Å². The summed E-state index contributed by atoms with van der Waals surface area (Å²) in [5.74, 6) is -0.0352. The second-order valence-electron chi connectivity index (χ2n) is 2.49. The summed E-state index contributed by atoms with van der Waals surface area (Å²) >= 11 is 1.31. The number of carbonyl (C=O) groups excluding carboxylic acids is 1. The molecule has 0 atom stereocenters. The second-order valence-corrected chi connectivity index (χ2v) is 3.34. The molecule has 2 N–H and O–H groups in total. The Balaban J connectivity index is 2.84. The summed E-state index contributed by atoms with van der Waals surface area (Å²) in [5, 5.41) is 0. The number of thiazole rings is 1. The molecule has 0 aliphatic heterocycles. The van der Waals surface area contributed by atoms with Gasteiger partial charge in [0.25, 0.3) is 5.91 Å². The largest absolute Gasteiger partial charge is 0.364 e. The number of amides is 1. The van der Waals surface area contributed by atoms with Crippen LogP contribution in [0.2, 0.25) is 0 Å². The van der Waals surface area contributed by atoms with Crippen molar-refractivity contribution in [3.63, 3.8) is 0 Å². The quantitative estimate of drug-likeness (QED) is 0.716. The van der Waals surface area contributed by atoms with Crippen LogP contribution in [0.5, 0.6) is 0 Å². The zero-order valence-electron chi connectivity index (χ0n) is 6.81. The van der Waals surface area contributed by atoms with Crippen LogP contribution in [0.3, 0.4) is 0 Å². The number of aromatic nitrogens is 3. The molecule has 0 aromatic carbocycles. The number of fused-ring (bicyclic) bond motifs is 1. The van der Waals surface area contributed by atoms with Crippen molar-refractivity contribution in [3.05, 3.63) is 17.0 Å². The van der Waals surface area contributed by atoms with Crippen molar-refractivity contribution in [2.45, 2.75) is 6.92 Å². The maximum atomic E-state index is 11.0. The predicted octanol–water partition coefficient (Wildman–Crippen LogP) is 0.494. The normalized spacial score (nSPS) is 10.5. The fourth-order valence-electron chi connectivity index (χ4n) is 1.04. The number of rotatable bonds is 1. The molecule has 0 fully saturated rings. The molecule has 0 aliphatic rings. The molecule has 0 radical (unpaired) electrons. The van der Waals surface area contributed by atoms with Crippen LogP contribution in [0.4, 0.5) is 0 Å². The average Bonchev–Trinajstić information content (AvgIpc) is 2.49. The van der Waals surface area contributed by atoms with E-state index in [2.05, 4.69) is 15.0 Å². The molecule has 2 aromatic heterocycles. The maximum Gasteiger partial charge on any atom is 0.269 e. The number of hydrogen-bond donors (Lipinski definition) is 1. The highest BCUT2D eigenvalue weighted by Crippen LogP contribution is 2.18. The lowest BCUT2D eigenvalue weighted by atomic mass is 10.4. The molecule has 13 heavy (non-hydrogen) atoms. The number of nitrogens with zero attached hydrogens (tertiary/aromatic N) is 3. The number of primary amides is 1.